The molecule has 4 heterocycles. The average molecular weight is 400 g/mol. The summed E-state index contributed by atoms with van der Waals surface area (Å²) in [6.07, 6.45) is 3.47. The molecule has 27 heavy (non-hydrogen) atoms. The van der Waals surface area contributed by atoms with Crippen LogP contribution in [0, 0.1) is 0 Å². The lowest BCUT2D eigenvalue weighted by Gasteiger charge is -2.35. The molecule has 9 heteroatoms. The van der Waals surface area contributed by atoms with Crippen molar-refractivity contribution in [1.82, 2.24) is 24.5 Å². The summed E-state index contributed by atoms with van der Waals surface area (Å²) in [5, 5.41) is 1.80. The van der Waals surface area contributed by atoms with Gasteiger partial charge in [0, 0.05) is 37.7 Å². The smallest absolute Gasteiger partial charge is 0.186 e. The predicted octanol–water partition coefficient (Wildman–Crippen LogP) is 3.44. The lowest BCUT2D eigenvalue weighted by Crippen LogP contribution is -2.46. The number of thiazole rings is 1. The zero-order valence-corrected chi connectivity index (χ0v) is 16.4. The number of halogens is 1. The normalized spacial score (nSPS) is 15.2. The average Bonchev–Trinajstić information content (AvgIpc) is 3.31. The fourth-order valence-electron chi connectivity index (χ4n) is 3.46. The SMILES string of the molecule is CCn1cnc2c(N3CCN(c4nc5ccc(Cl)cc5s4)CC3)ncnc21. The van der Waals surface area contributed by atoms with E-state index in [2.05, 4.69) is 31.7 Å². The monoisotopic (exact) mass is 399 g/mol. The van der Waals surface area contributed by atoms with E-state index in [0.717, 1.165) is 70.1 Å². The minimum absolute atomic E-state index is 0.752. The highest BCUT2D eigenvalue weighted by Gasteiger charge is 2.23. The maximum Gasteiger partial charge on any atom is 0.186 e. The first-order valence-corrected chi connectivity index (χ1v) is 10.1. The van der Waals surface area contributed by atoms with Gasteiger partial charge in [-0.3, -0.25) is 0 Å². The van der Waals surface area contributed by atoms with E-state index in [1.807, 2.05) is 29.1 Å². The molecule has 4 aromatic rings. The number of hydrogen-bond donors (Lipinski definition) is 0. The Morgan fingerprint density at radius 2 is 1.89 bits per heavy atom. The number of hydrogen-bond acceptors (Lipinski definition) is 7. The van der Waals surface area contributed by atoms with Gasteiger partial charge in [0.1, 0.15) is 6.33 Å². The second-order valence-corrected chi connectivity index (χ2v) is 7.93. The number of nitrogens with zero attached hydrogens (tertiary/aromatic N) is 7. The van der Waals surface area contributed by atoms with Gasteiger partial charge in [-0.05, 0) is 25.1 Å². The summed E-state index contributed by atoms with van der Waals surface area (Å²) in [6, 6.07) is 5.85. The van der Waals surface area contributed by atoms with Crippen LogP contribution in [0.25, 0.3) is 21.4 Å². The topological polar surface area (TPSA) is 63.0 Å². The van der Waals surface area contributed by atoms with Gasteiger partial charge >= 0.3 is 0 Å². The first-order valence-electron chi connectivity index (χ1n) is 8.95. The zero-order chi connectivity index (χ0) is 18.4. The molecule has 0 aliphatic carbocycles. The Morgan fingerprint density at radius 1 is 1.07 bits per heavy atom. The van der Waals surface area contributed by atoms with E-state index in [1.165, 1.54) is 0 Å². The highest BCUT2D eigenvalue weighted by atomic mass is 35.5. The van der Waals surface area contributed by atoms with Crippen LogP contribution >= 0.6 is 22.9 Å². The Hall–Kier alpha value is -2.45. The number of aryl methyl sites for hydroxylation is 1. The predicted molar refractivity (Wildman–Crippen MR) is 110 cm³/mol. The number of fused-ring (bicyclic) bond motifs is 2. The van der Waals surface area contributed by atoms with Crippen molar-refractivity contribution in [1.29, 1.82) is 0 Å². The minimum Gasteiger partial charge on any atom is -0.351 e. The van der Waals surface area contributed by atoms with Gasteiger partial charge in [0.25, 0.3) is 0 Å². The summed E-state index contributed by atoms with van der Waals surface area (Å²) >= 11 is 7.79. The molecule has 0 saturated carbocycles. The molecule has 0 bridgehead atoms. The van der Waals surface area contributed by atoms with Crippen molar-refractivity contribution in [3.05, 3.63) is 35.9 Å². The van der Waals surface area contributed by atoms with Crippen molar-refractivity contribution in [2.24, 2.45) is 0 Å². The summed E-state index contributed by atoms with van der Waals surface area (Å²) in [4.78, 5) is 22.8. The summed E-state index contributed by atoms with van der Waals surface area (Å²) < 4.78 is 3.17. The van der Waals surface area contributed by atoms with Crippen LogP contribution in [0.4, 0.5) is 10.9 Å². The van der Waals surface area contributed by atoms with Crippen LogP contribution in [-0.4, -0.2) is 50.7 Å². The van der Waals surface area contributed by atoms with Crippen molar-refractivity contribution >= 4 is 55.3 Å². The Labute approximate surface area is 165 Å². The Morgan fingerprint density at radius 3 is 2.70 bits per heavy atom. The van der Waals surface area contributed by atoms with E-state index in [4.69, 9.17) is 16.6 Å². The number of piperazine rings is 1. The molecular formula is C18H18ClN7S. The molecule has 7 nitrogen and oxygen atoms in total. The van der Waals surface area contributed by atoms with E-state index < -0.39 is 0 Å². The third-order valence-corrected chi connectivity index (χ3v) is 6.23. The second kappa shape index (κ2) is 6.61. The van der Waals surface area contributed by atoms with Crippen LogP contribution in [0.2, 0.25) is 5.02 Å². The molecule has 1 saturated heterocycles. The van der Waals surface area contributed by atoms with E-state index in [9.17, 15) is 0 Å². The fraction of sp³-hybridized carbons (Fsp3) is 0.333. The van der Waals surface area contributed by atoms with Gasteiger partial charge in [0.2, 0.25) is 0 Å². The van der Waals surface area contributed by atoms with E-state index in [0.29, 0.717) is 0 Å². The van der Waals surface area contributed by atoms with Crippen molar-refractivity contribution in [2.45, 2.75) is 13.5 Å². The van der Waals surface area contributed by atoms with Crippen LogP contribution in [0.1, 0.15) is 6.92 Å². The number of aromatic nitrogens is 5. The van der Waals surface area contributed by atoms with Crippen molar-refractivity contribution in [3.63, 3.8) is 0 Å². The van der Waals surface area contributed by atoms with Gasteiger partial charge in [0.15, 0.2) is 22.1 Å². The third-order valence-electron chi connectivity index (χ3n) is 4.91. The molecule has 0 atom stereocenters. The number of rotatable bonds is 3. The Bertz CT molecular complexity index is 1110. The number of anilines is 2. The van der Waals surface area contributed by atoms with Crippen LogP contribution < -0.4 is 9.80 Å². The van der Waals surface area contributed by atoms with Gasteiger partial charge in [-0.2, -0.15) is 0 Å². The highest BCUT2D eigenvalue weighted by Crippen LogP contribution is 2.32. The lowest BCUT2D eigenvalue weighted by atomic mass is 10.3. The van der Waals surface area contributed by atoms with Gasteiger partial charge in [-0.25, -0.2) is 19.9 Å². The van der Waals surface area contributed by atoms with Crippen molar-refractivity contribution in [3.8, 4) is 0 Å². The van der Waals surface area contributed by atoms with Gasteiger partial charge in [0.05, 0.1) is 16.5 Å². The molecule has 0 unspecified atom stereocenters. The molecular weight excluding hydrogens is 382 g/mol. The highest BCUT2D eigenvalue weighted by molar-refractivity contribution is 7.22. The summed E-state index contributed by atoms with van der Waals surface area (Å²) in [5.41, 5.74) is 2.78. The van der Waals surface area contributed by atoms with Crippen LogP contribution in [0.3, 0.4) is 0 Å². The third kappa shape index (κ3) is 2.89. The number of benzene rings is 1. The number of imidazole rings is 1. The first kappa shape index (κ1) is 16.7. The first-order chi connectivity index (χ1) is 13.2. The van der Waals surface area contributed by atoms with Crippen molar-refractivity contribution < 1.29 is 0 Å². The van der Waals surface area contributed by atoms with Crippen LogP contribution in [-0.2, 0) is 6.54 Å². The van der Waals surface area contributed by atoms with E-state index in [1.54, 1.807) is 17.7 Å². The fourth-order valence-corrected chi connectivity index (χ4v) is 4.76. The maximum absolute atomic E-state index is 6.10. The summed E-state index contributed by atoms with van der Waals surface area (Å²) in [6.45, 7) is 6.49. The molecule has 1 fully saturated rings. The molecule has 1 aliphatic heterocycles. The quantitative estimate of drug-likeness (QED) is 0.526. The molecule has 1 aliphatic rings. The molecule has 0 amide bonds. The van der Waals surface area contributed by atoms with Gasteiger partial charge in [-0.1, -0.05) is 22.9 Å². The standard InChI is InChI=1S/C18H18ClN7S/c1-2-24-11-22-15-16(24)20-10-21-17(15)25-5-7-26(8-6-25)18-23-13-4-3-12(19)9-14(13)27-18/h3-4,9-11H,2,5-8H2,1H3. The summed E-state index contributed by atoms with van der Waals surface area (Å²) in [7, 11) is 0. The molecule has 5 rings (SSSR count). The van der Waals surface area contributed by atoms with Crippen LogP contribution in [0.5, 0.6) is 0 Å². The van der Waals surface area contributed by atoms with Crippen molar-refractivity contribution in [2.75, 3.05) is 36.0 Å². The minimum atomic E-state index is 0.752. The molecule has 0 radical (unpaired) electrons. The lowest BCUT2D eigenvalue weighted by molar-refractivity contribution is 0.647. The maximum atomic E-state index is 6.10. The second-order valence-electron chi connectivity index (χ2n) is 6.48. The Balaban J connectivity index is 1.37. The zero-order valence-electron chi connectivity index (χ0n) is 14.8. The van der Waals surface area contributed by atoms with Gasteiger partial charge in [-0.15, -0.1) is 0 Å². The Kier molecular flexibility index (Phi) is 4.09. The largest absolute Gasteiger partial charge is 0.351 e. The molecule has 3 aromatic heterocycles. The molecule has 0 spiro atoms. The molecule has 138 valence electrons. The van der Waals surface area contributed by atoms with Crippen LogP contribution in [0.15, 0.2) is 30.9 Å². The molecule has 0 N–H and O–H groups in total. The van der Waals surface area contributed by atoms with E-state index in [-0.39, 0.29) is 0 Å². The summed E-state index contributed by atoms with van der Waals surface area (Å²) in [5.74, 6) is 0.919. The van der Waals surface area contributed by atoms with Gasteiger partial charge < -0.3 is 14.4 Å². The van der Waals surface area contributed by atoms with E-state index >= 15 is 0 Å². The molecule has 1 aromatic carbocycles.